The predicted octanol–water partition coefficient (Wildman–Crippen LogP) is 4.93. The molecule has 0 radical (unpaired) electrons. The molecule has 0 nitrogen and oxygen atoms in total. The molecule has 0 atom stereocenters. The predicted molar refractivity (Wildman–Crippen MR) is 70.2 cm³/mol. The monoisotopic (exact) mass is 218 g/mol. The van der Waals surface area contributed by atoms with E-state index in [1.54, 1.807) is 0 Å². The van der Waals surface area contributed by atoms with Crippen LogP contribution < -0.4 is 0 Å². The van der Waals surface area contributed by atoms with Gasteiger partial charge in [-0.1, -0.05) is 38.5 Å². The molecule has 2 saturated carbocycles. The first-order valence-corrected chi connectivity index (χ1v) is 7.41. The first-order valence-electron chi connectivity index (χ1n) is 7.41. The van der Waals surface area contributed by atoms with Gasteiger partial charge in [-0.05, 0) is 37.5 Å². The van der Waals surface area contributed by atoms with Gasteiger partial charge in [0.25, 0.3) is 0 Å². The van der Waals surface area contributed by atoms with Crippen LogP contribution in [0.2, 0.25) is 0 Å². The van der Waals surface area contributed by atoms with E-state index >= 15 is 0 Å². The van der Waals surface area contributed by atoms with Gasteiger partial charge >= 0.3 is 0 Å². The zero-order chi connectivity index (χ0) is 11.1. The van der Waals surface area contributed by atoms with E-state index in [9.17, 15) is 0 Å². The Bertz CT molecular complexity index is 206. The van der Waals surface area contributed by atoms with E-state index in [1.165, 1.54) is 77.0 Å². The summed E-state index contributed by atoms with van der Waals surface area (Å²) in [7, 11) is 0. The van der Waals surface area contributed by atoms with E-state index in [0.717, 1.165) is 11.8 Å². The fraction of sp³-hybridized carbons (Fsp3) is 0.875. The van der Waals surface area contributed by atoms with Crippen LogP contribution in [0.5, 0.6) is 0 Å². The molecule has 0 aromatic heterocycles. The summed E-state index contributed by atoms with van der Waals surface area (Å²) in [5.74, 6) is 8.78. The van der Waals surface area contributed by atoms with Crippen LogP contribution in [0.1, 0.15) is 77.0 Å². The average Bonchev–Trinajstić information content (AvgIpc) is 2.37. The van der Waals surface area contributed by atoms with Crippen molar-refractivity contribution in [1.82, 2.24) is 0 Å². The van der Waals surface area contributed by atoms with Crippen LogP contribution >= 0.6 is 0 Å². The molecule has 16 heavy (non-hydrogen) atoms. The third-order valence-electron chi connectivity index (χ3n) is 4.36. The second-order valence-corrected chi connectivity index (χ2v) is 5.77. The zero-order valence-electron chi connectivity index (χ0n) is 10.6. The molecule has 0 spiro atoms. The van der Waals surface area contributed by atoms with Crippen LogP contribution in [0, 0.1) is 23.7 Å². The lowest BCUT2D eigenvalue weighted by Crippen LogP contribution is -2.06. The summed E-state index contributed by atoms with van der Waals surface area (Å²) in [5.41, 5.74) is 0. The fourth-order valence-corrected chi connectivity index (χ4v) is 3.22. The molecule has 0 heteroatoms. The number of hydrogen-bond donors (Lipinski definition) is 0. The summed E-state index contributed by atoms with van der Waals surface area (Å²) < 4.78 is 0. The lowest BCUT2D eigenvalue weighted by atomic mass is 9.86. The van der Waals surface area contributed by atoms with Crippen molar-refractivity contribution in [2.24, 2.45) is 11.8 Å². The maximum atomic E-state index is 3.45. The molecule has 0 amide bonds. The molecule has 0 aromatic rings. The Labute approximate surface area is 101 Å². The molecule has 0 saturated heterocycles. The van der Waals surface area contributed by atoms with Crippen molar-refractivity contribution in [3.63, 3.8) is 0 Å². The van der Waals surface area contributed by atoms with E-state index in [0.29, 0.717) is 0 Å². The van der Waals surface area contributed by atoms with Gasteiger partial charge in [-0.15, -0.1) is 11.8 Å². The highest BCUT2D eigenvalue weighted by molar-refractivity contribution is 5.01. The third-order valence-corrected chi connectivity index (χ3v) is 4.36. The summed E-state index contributed by atoms with van der Waals surface area (Å²) in [5, 5.41) is 0. The summed E-state index contributed by atoms with van der Waals surface area (Å²) in [6, 6.07) is 0. The summed E-state index contributed by atoms with van der Waals surface area (Å²) in [4.78, 5) is 0. The van der Waals surface area contributed by atoms with Crippen LogP contribution in [0.15, 0.2) is 0 Å². The first kappa shape index (κ1) is 12.0. The molecule has 0 aromatic carbocycles. The number of rotatable bonds is 2. The fourth-order valence-electron chi connectivity index (χ4n) is 3.22. The van der Waals surface area contributed by atoms with Gasteiger partial charge in [0.2, 0.25) is 0 Å². The van der Waals surface area contributed by atoms with Crippen LogP contribution in [-0.4, -0.2) is 0 Å². The maximum absolute atomic E-state index is 3.45. The highest BCUT2D eigenvalue weighted by atomic mass is 14.2. The Hall–Kier alpha value is -0.440. The average molecular weight is 218 g/mol. The largest absolute Gasteiger partial charge is 0.103 e. The minimum Gasteiger partial charge on any atom is -0.103 e. The Morgan fingerprint density at radius 2 is 0.938 bits per heavy atom. The highest BCUT2D eigenvalue weighted by Crippen LogP contribution is 2.27. The second kappa shape index (κ2) is 7.00. The molecule has 2 aliphatic rings. The lowest BCUT2D eigenvalue weighted by Gasteiger charge is -2.19. The van der Waals surface area contributed by atoms with Gasteiger partial charge < -0.3 is 0 Å². The van der Waals surface area contributed by atoms with Gasteiger partial charge in [-0.2, -0.15) is 0 Å². The van der Waals surface area contributed by atoms with E-state index in [-0.39, 0.29) is 0 Å². The SMILES string of the molecule is C(#CCC1CCCCC1)CC1CCCCC1. The Balaban J connectivity index is 1.61. The van der Waals surface area contributed by atoms with Crippen molar-refractivity contribution in [3.8, 4) is 11.8 Å². The van der Waals surface area contributed by atoms with Crippen LogP contribution in [-0.2, 0) is 0 Å². The maximum Gasteiger partial charge on any atom is 0.0117 e. The lowest BCUT2D eigenvalue weighted by molar-refractivity contribution is 0.361. The van der Waals surface area contributed by atoms with E-state index < -0.39 is 0 Å². The molecule has 0 heterocycles. The van der Waals surface area contributed by atoms with Crippen molar-refractivity contribution in [2.45, 2.75) is 77.0 Å². The first-order chi connectivity index (χ1) is 7.95. The number of hydrogen-bond acceptors (Lipinski definition) is 0. The molecule has 0 bridgehead atoms. The van der Waals surface area contributed by atoms with Crippen molar-refractivity contribution in [2.75, 3.05) is 0 Å². The summed E-state index contributed by atoms with van der Waals surface area (Å²) in [6.45, 7) is 0. The van der Waals surface area contributed by atoms with Crippen LogP contribution in [0.4, 0.5) is 0 Å². The Morgan fingerprint density at radius 1 is 0.562 bits per heavy atom. The Kier molecular flexibility index (Phi) is 5.26. The van der Waals surface area contributed by atoms with E-state index in [1.807, 2.05) is 0 Å². The van der Waals surface area contributed by atoms with Crippen LogP contribution in [0.3, 0.4) is 0 Å². The second-order valence-electron chi connectivity index (χ2n) is 5.77. The van der Waals surface area contributed by atoms with Gasteiger partial charge in [0.05, 0.1) is 0 Å². The molecule has 90 valence electrons. The van der Waals surface area contributed by atoms with Crippen molar-refractivity contribution in [1.29, 1.82) is 0 Å². The quantitative estimate of drug-likeness (QED) is 0.576. The van der Waals surface area contributed by atoms with Crippen molar-refractivity contribution in [3.05, 3.63) is 0 Å². The van der Waals surface area contributed by atoms with E-state index in [2.05, 4.69) is 11.8 Å². The van der Waals surface area contributed by atoms with Gasteiger partial charge in [-0.25, -0.2) is 0 Å². The minimum atomic E-state index is 0.938. The van der Waals surface area contributed by atoms with Gasteiger partial charge in [-0.3, -0.25) is 0 Å². The van der Waals surface area contributed by atoms with Gasteiger partial charge in [0.15, 0.2) is 0 Å². The van der Waals surface area contributed by atoms with Crippen molar-refractivity contribution >= 4 is 0 Å². The molecule has 0 aliphatic heterocycles. The smallest absolute Gasteiger partial charge is 0.0117 e. The summed E-state index contributed by atoms with van der Waals surface area (Å²) in [6.07, 6.45) is 16.9. The highest BCUT2D eigenvalue weighted by Gasteiger charge is 2.12. The Morgan fingerprint density at radius 3 is 1.31 bits per heavy atom. The topological polar surface area (TPSA) is 0 Å². The molecule has 2 aliphatic carbocycles. The third kappa shape index (κ3) is 4.20. The van der Waals surface area contributed by atoms with Gasteiger partial charge in [0, 0.05) is 12.8 Å². The van der Waals surface area contributed by atoms with Crippen LogP contribution in [0.25, 0.3) is 0 Å². The normalized spacial score (nSPS) is 23.8. The molecular weight excluding hydrogens is 192 g/mol. The zero-order valence-corrected chi connectivity index (χ0v) is 10.6. The molecule has 2 fully saturated rings. The summed E-state index contributed by atoms with van der Waals surface area (Å²) >= 11 is 0. The standard InChI is InChI=1S/C16H26/c1-3-9-15(10-4-1)13-7-8-14-16-11-5-2-6-12-16/h15-16H,1-6,9-14H2. The molecule has 0 N–H and O–H groups in total. The molecule has 0 unspecified atom stereocenters. The van der Waals surface area contributed by atoms with E-state index in [4.69, 9.17) is 0 Å². The molecule has 2 rings (SSSR count). The van der Waals surface area contributed by atoms with Crippen molar-refractivity contribution < 1.29 is 0 Å². The van der Waals surface area contributed by atoms with Gasteiger partial charge in [0.1, 0.15) is 0 Å². The molecular formula is C16H26. The minimum absolute atomic E-state index is 0.938.